The monoisotopic (exact) mass is 406 g/mol. The van der Waals surface area contributed by atoms with Crippen molar-refractivity contribution in [2.45, 2.75) is 20.8 Å². The summed E-state index contributed by atoms with van der Waals surface area (Å²) in [5.41, 5.74) is 4.07. The number of aryl methyl sites for hydroxylation is 2. The summed E-state index contributed by atoms with van der Waals surface area (Å²) < 4.78 is 5.17. The summed E-state index contributed by atoms with van der Waals surface area (Å²) in [6.45, 7) is 5.41. The highest BCUT2D eigenvalue weighted by molar-refractivity contribution is 7.14. The van der Waals surface area contributed by atoms with Gasteiger partial charge in [0.1, 0.15) is 5.75 Å². The van der Waals surface area contributed by atoms with E-state index in [0.29, 0.717) is 27.8 Å². The van der Waals surface area contributed by atoms with E-state index in [1.165, 1.54) is 29.2 Å². The third kappa shape index (κ3) is 4.78. The van der Waals surface area contributed by atoms with Crippen LogP contribution in [0, 0.1) is 13.8 Å². The van der Waals surface area contributed by atoms with Gasteiger partial charge < -0.3 is 4.74 Å². The molecule has 5 nitrogen and oxygen atoms in total. The first-order valence-corrected chi connectivity index (χ1v) is 9.97. The van der Waals surface area contributed by atoms with E-state index in [0.717, 1.165) is 11.1 Å². The van der Waals surface area contributed by atoms with Crippen molar-refractivity contribution in [3.05, 3.63) is 76.3 Å². The van der Waals surface area contributed by atoms with E-state index in [4.69, 9.17) is 4.74 Å². The van der Waals surface area contributed by atoms with Crippen molar-refractivity contribution >= 4 is 39.9 Å². The van der Waals surface area contributed by atoms with Crippen LogP contribution in [-0.2, 0) is 4.79 Å². The lowest BCUT2D eigenvalue weighted by Crippen LogP contribution is -2.22. The number of ketones is 1. The molecule has 148 valence electrons. The Balaban J connectivity index is 1.81. The molecule has 0 spiro atoms. The van der Waals surface area contributed by atoms with Gasteiger partial charge in [-0.3, -0.25) is 14.5 Å². The van der Waals surface area contributed by atoms with Crippen molar-refractivity contribution < 1.29 is 14.3 Å². The van der Waals surface area contributed by atoms with Gasteiger partial charge in [0.05, 0.1) is 18.5 Å². The standard InChI is InChI=1S/C23H22N2O3S/c1-15-5-11-21(16(2)13-15)22(27)12-6-18-14-29-23(24-18)25(17(3)26)19-7-9-20(28-4)10-8-19/h5-14H,1-4H3/b12-6+. The Kier molecular flexibility index (Phi) is 6.24. The maximum Gasteiger partial charge on any atom is 0.230 e. The second kappa shape index (κ2) is 8.84. The molecule has 0 saturated carbocycles. The van der Waals surface area contributed by atoms with Gasteiger partial charge in [-0.05, 0) is 55.8 Å². The zero-order valence-corrected chi connectivity index (χ0v) is 17.6. The highest BCUT2D eigenvalue weighted by Crippen LogP contribution is 2.30. The SMILES string of the molecule is COc1ccc(N(C(C)=O)c2nc(/C=C/C(=O)c3ccc(C)cc3C)cs2)cc1. The number of hydrogen-bond acceptors (Lipinski definition) is 5. The number of methoxy groups -OCH3 is 1. The maximum absolute atomic E-state index is 12.5. The van der Waals surface area contributed by atoms with Gasteiger partial charge in [-0.2, -0.15) is 0 Å². The van der Waals surface area contributed by atoms with Gasteiger partial charge in [0, 0.05) is 17.9 Å². The molecule has 0 N–H and O–H groups in total. The fraction of sp³-hybridized carbons (Fsp3) is 0.174. The van der Waals surface area contributed by atoms with E-state index < -0.39 is 0 Å². The van der Waals surface area contributed by atoms with Crippen LogP contribution >= 0.6 is 11.3 Å². The molecule has 29 heavy (non-hydrogen) atoms. The molecule has 0 aliphatic rings. The summed E-state index contributed by atoms with van der Waals surface area (Å²) in [6.07, 6.45) is 3.19. The lowest BCUT2D eigenvalue weighted by molar-refractivity contribution is -0.115. The zero-order chi connectivity index (χ0) is 21.0. The number of allylic oxidation sites excluding steroid dienone is 1. The molecule has 0 radical (unpaired) electrons. The zero-order valence-electron chi connectivity index (χ0n) is 16.8. The number of hydrogen-bond donors (Lipinski definition) is 0. The molecule has 0 fully saturated rings. The number of rotatable bonds is 6. The second-order valence-electron chi connectivity index (χ2n) is 6.62. The highest BCUT2D eigenvalue weighted by Gasteiger charge is 2.17. The van der Waals surface area contributed by atoms with Gasteiger partial charge >= 0.3 is 0 Å². The minimum absolute atomic E-state index is 0.0735. The number of carbonyl (C=O) groups excluding carboxylic acids is 2. The quantitative estimate of drug-likeness (QED) is 0.409. The fourth-order valence-corrected chi connectivity index (χ4v) is 3.81. The number of anilines is 2. The molecule has 1 aromatic heterocycles. The summed E-state index contributed by atoms with van der Waals surface area (Å²) in [5.74, 6) is 0.493. The number of carbonyl (C=O) groups is 2. The molecule has 3 aromatic rings. The predicted molar refractivity (Wildman–Crippen MR) is 117 cm³/mol. The van der Waals surface area contributed by atoms with Crippen molar-refractivity contribution in [1.82, 2.24) is 4.98 Å². The minimum Gasteiger partial charge on any atom is -0.497 e. The summed E-state index contributed by atoms with van der Waals surface area (Å²) >= 11 is 1.34. The molecule has 0 unspecified atom stereocenters. The van der Waals surface area contributed by atoms with E-state index in [1.54, 1.807) is 37.5 Å². The number of benzene rings is 2. The molecule has 3 rings (SSSR count). The number of amides is 1. The number of aromatic nitrogens is 1. The molecule has 2 aromatic carbocycles. The molecular formula is C23H22N2O3S. The third-order valence-electron chi connectivity index (χ3n) is 4.40. The summed E-state index contributed by atoms with van der Waals surface area (Å²) in [7, 11) is 1.59. The summed E-state index contributed by atoms with van der Waals surface area (Å²) in [4.78, 5) is 30.7. The van der Waals surface area contributed by atoms with Crippen LogP contribution in [0.4, 0.5) is 10.8 Å². The fourth-order valence-electron chi connectivity index (χ4n) is 2.95. The van der Waals surface area contributed by atoms with E-state index in [-0.39, 0.29) is 11.7 Å². The van der Waals surface area contributed by atoms with Crippen LogP contribution in [0.25, 0.3) is 6.08 Å². The Hall–Kier alpha value is -3.25. The van der Waals surface area contributed by atoms with Crippen molar-refractivity contribution in [1.29, 1.82) is 0 Å². The molecule has 1 heterocycles. The number of thiazole rings is 1. The minimum atomic E-state index is -0.147. The van der Waals surface area contributed by atoms with Crippen LogP contribution in [-0.4, -0.2) is 23.8 Å². The van der Waals surface area contributed by atoms with Crippen LogP contribution in [0.3, 0.4) is 0 Å². The van der Waals surface area contributed by atoms with Crippen LogP contribution in [0.1, 0.15) is 34.1 Å². The van der Waals surface area contributed by atoms with Gasteiger partial charge in [-0.1, -0.05) is 23.8 Å². The van der Waals surface area contributed by atoms with Crippen molar-refractivity contribution in [2.24, 2.45) is 0 Å². The first-order chi connectivity index (χ1) is 13.9. The van der Waals surface area contributed by atoms with Gasteiger partial charge in [-0.15, -0.1) is 11.3 Å². The Bertz CT molecular complexity index is 1070. The van der Waals surface area contributed by atoms with Crippen molar-refractivity contribution in [2.75, 3.05) is 12.0 Å². The van der Waals surface area contributed by atoms with E-state index in [1.807, 2.05) is 37.4 Å². The first kappa shape index (κ1) is 20.5. The van der Waals surface area contributed by atoms with Gasteiger partial charge in [0.25, 0.3) is 0 Å². The molecule has 0 bridgehead atoms. The van der Waals surface area contributed by atoms with Crippen LogP contribution in [0.5, 0.6) is 5.75 Å². The first-order valence-electron chi connectivity index (χ1n) is 9.09. The predicted octanol–water partition coefficient (Wildman–Crippen LogP) is 5.35. The van der Waals surface area contributed by atoms with Gasteiger partial charge in [-0.25, -0.2) is 4.98 Å². The van der Waals surface area contributed by atoms with Gasteiger partial charge in [0.2, 0.25) is 5.91 Å². The molecular weight excluding hydrogens is 384 g/mol. The van der Waals surface area contributed by atoms with Crippen LogP contribution in [0.15, 0.2) is 53.9 Å². The Morgan fingerprint density at radius 3 is 2.45 bits per heavy atom. The summed E-state index contributed by atoms with van der Waals surface area (Å²) in [5, 5.41) is 2.36. The van der Waals surface area contributed by atoms with Crippen molar-refractivity contribution in [3.63, 3.8) is 0 Å². The number of nitrogens with zero attached hydrogens (tertiary/aromatic N) is 2. The largest absolute Gasteiger partial charge is 0.497 e. The second-order valence-corrected chi connectivity index (χ2v) is 7.46. The normalized spacial score (nSPS) is 10.9. The van der Waals surface area contributed by atoms with E-state index in [2.05, 4.69) is 4.98 Å². The summed E-state index contributed by atoms with van der Waals surface area (Å²) in [6, 6.07) is 13.0. The average molecular weight is 407 g/mol. The van der Waals surface area contributed by atoms with E-state index >= 15 is 0 Å². The molecule has 0 aliphatic carbocycles. The molecule has 0 saturated heterocycles. The average Bonchev–Trinajstić information content (AvgIpc) is 3.15. The van der Waals surface area contributed by atoms with Gasteiger partial charge in [0.15, 0.2) is 10.9 Å². The highest BCUT2D eigenvalue weighted by atomic mass is 32.1. The Morgan fingerprint density at radius 1 is 1.10 bits per heavy atom. The Labute approximate surface area is 174 Å². The molecule has 1 amide bonds. The lowest BCUT2D eigenvalue weighted by atomic mass is 10.0. The number of ether oxygens (including phenoxy) is 1. The smallest absolute Gasteiger partial charge is 0.230 e. The molecule has 0 aliphatic heterocycles. The lowest BCUT2D eigenvalue weighted by Gasteiger charge is -2.18. The van der Waals surface area contributed by atoms with Crippen molar-refractivity contribution in [3.8, 4) is 5.75 Å². The molecule has 0 atom stereocenters. The maximum atomic E-state index is 12.5. The molecule has 6 heteroatoms. The Morgan fingerprint density at radius 2 is 1.83 bits per heavy atom. The van der Waals surface area contributed by atoms with Crippen LogP contribution < -0.4 is 9.64 Å². The third-order valence-corrected chi connectivity index (χ3v) is 5.24. The van der Waals surface area contributed by atoms with Crippen LogP contribution in [0.2, 0.25) is 0 Å². The topological polar surface area (TPSA) is 59.5 Å². The van der Waals surface area contributed by atoms with E-state index in [9.17, 15) is 9.59 Å².